The Balaban J connectivity index is 1.71. The summed E-state index contributed by atoms with van der Waals surface area (Å²) in [6.07, 6.45) is 2.45. The Labute approximate surface area is 139 Å². The molecule has 0 radical (unpaired) electrons. The van der Waals surface area contributed by atoms with Gasteiger partial charge in [-0.25, -0.2) is 8.42 Å². The zero-order chi connectivity index (χ0) is 16.5. The van der Waals surface area contributed by atoms with Crippen LogP contribution in [0, 0.1) is 0 Å². The fourth-order valence-electron chi connectivity index (χ4n) is 3.38. The fraction of sp³-hybridized carbons (Fsp3) is 0.647. The lowest BCUT2D eigenvalue weighted by Crippen LogP contribution is -2.40. The quantitative estimate of drug-likeness (QED) is 0.843. The fourth-order valence-corrected chi connectivity index (χ4v) is 4.79. The molecule has 0 unspecified atom stereocenters. The first-order chi connectivity index (χ1) is 10.9. The number of sulfonamides is 1. The molecule has 0 spiro atoms. The van der Waals surface area contributed by atoms with Crippen LogP contribution in [0.2, 0.25) is 0 Å². The molecule has 6 heteroatoms. The van der Waals surface area contributed by atoms with Crippen LogP contribution >= 0.6 is 0 Å². The second-order valence-electron chi connectivity index (χ2n) is 7.00. The van der Waals surface area contributed by atoms with E-state index in [2.05, 4.69) is 18.7 Å². The number of nitrogens with zero attached hydrogens (tertiary/aromatic N) is 2. The molecule has 1 aromatic carbocycles. The molecule has 3 rings (SSSR count). The van der Waals surface area contributed by atoms with Crippen LogP contribution < -0.4 is 0 Å². The monoisotopic (exact) mass is 338 g/mol. The Morgan fingerprint density at radius 1 is 1.09 bits per heavy atom. The van der Waals surface area contributed by atoms with E-state index in [0.717, 1.165) is 13.1 Å². The van der Waals surface area contributed by atoms with Crippen molar-refractivity contribution in [2.45, 2.75) is 43.7 Å². The number of hydrogen-bond acceptors (Lipinski definition) is 4. The Bertz CT molecular complexity index is 634. The van der Waals surface area contributed by atoms with E-state index < -0.39 is 10.0 Å². The molecular weight excluding hydrogens is 312 g/mol. The van der Waals surface area contributed by atoms with Crippen LogP contribution in [0.5, 0.6) is 0 Å². The van der Waals surface area contributed by atoms with Crippen LogP contribution in [-0.4, -0.2) is 56.0 Å². The van der Waals surface area contributed by atoms with Crippen molar-refractivity contribution in [3.05, 3.63) is 29.8 Å². The standard InChI is InChI=1S/C17H26N2O3S/c1-17(2)8-3-9-18(17)14-15-4-6-16(7-5-15)23(20,21)19-10-12-22-13-11-19/h4-7H,3,8-14H2,1-2H3. The van der Waals surface area contributed by atoms with Crippen LogP contribution in [0.3, 0.4) is 0 Å². The van der Waals surface area contributed by atoms with E-state index in [1.165, 1.54) is 22.7 Å². The van der Waals surface area contributed by atoms with Gasteiger partial charge in [0.1, 0.15) is 0 Å². The summed E-state index contributed by atoms with van der Waals surface area (Å²) in [5.74, 6) is 0. The van der Waals surface area contributed by atoms with Gasteiger partial charge >= 0.3 is 0 Å². The number of benzene rings is 1. The molecule has 2 saturated heterocycles. The lowest BCUT2D eigenvalue weighted by molar-refractivity contribution is 0.0730. The molecular formula is C17H26N2O3S. The summed E-state index contributed by atoms with van der Waals surface area (Å²) in [4.78, 5) is 2.85. The highest BCUT2D eigenvalue weighted by Gasteiger charge is 2.31. The second-order valence-corrected chi connectivity index (χ2v) is 8.94. The number of rotatable bonds is 4. The van der Waals surface area contributed by atoms with Gasteiger partial charge in [0.15, 0.2) is 0 Å². The summed E-state index contributed by atoms with van der Waals surface area (Å²) in [6.45, 7) is 8.36. The molecule has 0 amide bonds. The van der Waals surface area contributed by atoms with Gasteiger partial charge in [0, 0.05) is 25.2 Å². The lowest BCUT2D eigenvalue weighted by Gasteiger charge is -2.31. The molecule has 0 aromatic heterocycles. The summed E-state index contributed by atoms with van der Waals surface area (Å²) in [5, 5.41) is 0. The van der Waals surface area contributed by atoms with E-state index in [4.69, 9.17) is 4.74 Å². The Hall–Kier alpha value is -0.950. The van der Waals surface area contributed by atoms with Crippen molar-refractivity contribution in [2.75, 3.05) is 32.8 Å². The summed E-state index contributed by atoms with van der Waals surface area (Å²) in [6, 6.07) is 7.37. The minimum atomic E-state index is -3.39. The minimum Gasteiger partial charge on any atom is -0.379 e. The van der Waals surface area contributed by atoms with Crippen molar-refractivity contribution < 1.29 is 13.2 Å². The van der Waals surface area contributed by atoms with Crippen LogP contribution in [0.15, 0.2) is 29.2 Å². The maximum absolute atomic E-state index is 12.6. The Morgan fingerprint density at radius 3 is 2.30 bits per heavy atom. The van der Waals surface area contributed by atoms with Crippen LogP contribution in [0.4, 0.5) is 0 Å². The zero-order valence-electron chi connectivity index (χ0n) is 14.0. The molecule has 0 bridgehead atoms. The molecule has 23 heavy (non-hydrogen) atoms. The number of hydrogen-bond donors (Lipinski definition) is 0. The topological polar surface area (TPSA) is 49.9 Å². The molecule has 128 valence electrons. The van der Waals surface area contributed by atoms with E-state index in [-0.39, 0.29) is 5.54 Å². The van der Waals surface area contributed by atoms with Gasteiger partial charge in [-0.05, 0) is 50.9 Å². The third-order valence-corrected chi connectivity index (χ3v) is 6.89. The predicted molar refractivity (Wildman–Crippen MR) is 89.7 cm³/mol. The molecule has 2 fully saturated rings. The largest absolute Gasteiger partial charge is 0.379 e. The zero-order valence-corrected chi connectivity index (χ0v) is 14.8. The summed E-state index contributed by atoms with van der Waals surface area (Å²) < 4.78 is 32.0. The Morgan fingerprint density at radius 2 is 1.74 bits per heavy atom. The summed E-state index contributed by atoms with van der Waals surface area (Å²) in [7, 11) is -3.39. The highest BCUT2D eigenvalue weighted by Crippen LogP contribution is 2.30. The van der Waals surface area contributed by atoms with Crippen molar-refractivity contribution in [1.29, 1.82) is 0 Å². The molecule has 0 atom stereocenters. The second kappa shape index (κ2) is 6.51. The average Bonchev–Trinajstić information content (AvgIpc) is 2.87. The van der Waals surface area contributed by atoms with Crippen molar-refractivity contribution in [2.24, 2.45) is 0 Å². The highest BCUT2D eigenvalue weighted by molar-refractivity contribution is 7.89. The first-order valence-corrected chi connectivity index (χ1v) is 9.75. The maximum Gasteiger partial charge on any atom is 0.243 e. The van der Waals surface area contributed by atoms with E-state index in [1.54, 1.807) is 12.1 Å². The highest BCUT2D eigenvalue weighted by atomic mass is 32.2. The van der Waals surface area contributed by atoms with Crippen LogP contribution in [0.25, 0.3) is 0 Å². The molecule has 2 aliphatic heterocycles. The Kier molecular flexibility index (Phi) is 4.78. The van der Waals surface area contributed by atoms with Gasteiger partial charge in [-0.15, -0.1) is 0 Å². The molecule has 0 aliphatic carbocycles. The molecule has 0 N–H and O–H groups in total. The molecule has 1 aromatic rings. The van der Waals surface area contributed by atoms with E-state index in [9.17, 15) is 8.42 Å². The van der Waals surface area contributed by atoms with Crippen molar-refractivity contribution >= 4 is 10.0 Å². The average molecular weight is 338 g/mol. The van der Waals surface area contributed by atoms with Crippen molar-refractivity contribution in [3.8, 4) is 0 Å². The minimum absolute atomic E-state index is 0.235. The first-order valence-electron chi connectivity index (χ1n) is 8.31. The SMILES string of the molecule is CC1(C)CCCN1Cc1ccc(S(=O)(=O)N2CCOCC2)cc1. The smallest absolute Gasteiger partial charge is 0.243 e. The van der Waals surface area contributed by atoms with Gasteiger partial charge in [0.05, 0.1) is 18.1 Å². The van der Waals surface area contributed by atoms with Gasteiger partial charge in [-0.1, -0.05) is 12.1 Å². The van der Waals surface area contributed by atoms with Gasteiger partial charge in [-0.3, -0.25) is 4.90 Å². The molecule has 2 heterocycles. The summed E-state index contributed by atoms with van der Waals surface area (Å²) >= 11 is 0. The van der Waals surface area contributed by atoms with E-state index >= 15 is 0 Å². The van der Waals surface area contributed by atoms with E-state index in [1.807, 2.05) is 12.1 Å². The van der Waals surface area contributed by atoms with Gasteiger partial charge in [-0.2, -0.15) is 4.31 Å². The third kappa shape index (κ3) is 3.60. The first kappa shape index (κ1) is 16.9. The lowest BCUT2D eigenvalue weighted by atomic mass is 10.0. The van der Waals surface area contributed by atoms with Crippen LogP contribution in [-0.2, 0) is 21.3 Å². The summed E-state index contributed by atoms with van der Waals surface area (Å²) in [5.41, 5.74) is 1.40. The maximum atomic E-state index is 12.6. The molecule has 5 nitrogen and oxygen atoms in total. The third-order valence-electron chi connectivity index (χ3n) is 4.98. The van der Waals surface area contributed by atoms with Crippen molar-refractivity contribution in [3.63, 3.8) is 0 Å². The molecule has 0 saturated carbocycles. The van der Waals surface area contributed by atoms with Crippen LogP contribution in [0.1, 0.15) is 32.3 Å². The molecule has 2 aliphatic rings. The number of morpholine rings is 1. The van der Waals surface area contributed by atoms with Gasteiger partial charge in [0.2, 0.25) is 10.0 Å². The van der Waals surface area contributed by atoms with Gasteiger partial charge < -0.3 is 4.74 Å². The predicted octanol–water partition coefficient (Wildman–Crippen LogP) is 2.08. The van der Waals surface area contributed by atoms with E-state index in [0.29, 0.717) is 31.2 Å². The number of likely N-dealkylation sites (tertiary alicyclic amines) is 1. The number of ether oxygens (including phenoxy) is 1. The normalized spacial score (nSPS) is 23.2. The van der Waals surface area contributed by atoms with Crippen molar-refractivity contribution in [1.82, 2.24) is 9.21 Å². The van der Waals surface area contributed by atoms with Gasteiger partial charge in [0.25, 0.3) is 0 Å².